The number of benzene rings is 2. The van der Waals surface area contributed by atoms with E-state index in [9.17, 15) is 19.3 Å². The number of halogens is 1. The van der Waals surface area contributed by atoms with Crippen molar-refractivity contribution in [3.05, 3.63) is 64.0 Å². The zero-order chi connectivity index (χ0) is 19.9. The third kappa shape index (κ3) is 5.77. The molecule has 0 heterocycles. The molecular formula is C20H21FN2O4S. The van der Waals surface area contributed by atoms with Crippen LogP contribution in [0.1, 0.15) is 29.6 Å². The maximum Gasteiger partial charge on any atom is 0.270 e. The van der Waals surface area contributed by atoms with E-state index in [4.69, 9.17) is 4.74 Å². The van der Waals surface area contributed by atoms with Crippen molar-refractivity contribution in [3.63, 3.8) is 0 Å². The van der Waals surface area contributed by atoms with Gasteiger partial charge in [-0.15, -0.1) is 0 Å². The quantitative estimate of drug-likeness (QED) is 0.360. The number of non-ortho nitro benzene ring substituents is 1. The first-order chi connectivity index (χ1) is 13.5. The fraction of sp³-hybridized carbons (Fsp3) is 0.350. The average Bonchev–Trinajstić information content (AvgIpc) is 3.50. The summed E-state index contributed by atoms with van der Waals surface area (Å²) in [5.41, 5.74) is -0.0304. The van der Waals surface area contributed by atoms with E-state index < -0.39 is 16.6 Å². The Labute approximate surface area is 166 Å². The predicted molar refractivity (Wildman–Crippen MR) is 104 cm³/mol. The minimum absolute atomic E-state index is 0.154. The van der Waals surface area contributed by atoms with E-state index in [2.05, 4.69) is 5.32 Å². The van der Waals surface area contributed by atoms with Gasteiger partial charge in [-0.3, -0.25) is 14.9 Å². The second-order valence-electron chi connectivity index (χ2n) is 6.60. The maximum atomic E-state index is 14.0. The maximum absolute atomic E-state index is 14.0. The molecule has 1 fully saturated rings. The number of ether oxygens (including phenoxy) is 1. The number of rotatable bonds is 10. The fourth-order valence-electron chi connectivity index (χ4n) is 2.55. The van der Waals surface area contributed by atoms with Gasteiger partial charge < -0.3 is 10.1 Å². The van der Waals surface area contributed by atoms with Crippen molar-refractivity contribution < 1.29 is 18.8 Å². The van der Waals surface area contributed by atoms with Crippen molar-refractivity contribution in [2.75, 3.05) is 19.8 Å². The molecule has 6 nitrogen and oxygen atoms in total. The number of nitrogens with one attached hydrogen (secondary N) is 1. The summed E-state index contributed by atoms with van der Waals surface area (Å²) in [6.07, 6.45) is 3.11. The van der Waals surface area contributed by atoms with Gasteiger partial charge in [0.15, 0.2) is 0 Å². The highest BCUT2D eigenvalue weighted by atomic mass is 32.2. The van der Waals surface area contributed by atoms with E-state index in [1.54, 1.807) is 18.2 Å². The molecule has 8 heteroatoms. The summed E-state index contributed by atoms with van der Waals surface area (Å²) in [4.78, 5) is 23.9. The molecule has 0 radical (unpaired) electrons. The largest absolute Gasteiger partial charge is 0.381 e. The molecule has 2 aromatic rings. The summed E-state index contributed by atoms with van der Waals surface area (Å²) in [5.74, 6) is -0.146. The molecule has 1 amide bonds. The summed E-state index contributed by atoms with van der Waals surface area (Å²) < 4.78 is 19.5. The molecule has 3 rings (SSSR count). The Bertz CT molecular complexity index is 858. The number of carbonyl (C=O) groups is 1. The van der Waals surface area contributed by atoms with E-state index in [1.807, 2.05) is 0 Å². The molecule has 0 unspecified atom stereocenters. The lowest BCUT2D eigenvalue weighted by Crippen LogP contribution is -2.26. The summed E-state index contributed by atoms with van der Waals surface area (Å²) in [7, 11) is 0. The van der Waals surface area contributed by atoms with Crippen LogP contribution in [0.3, 0.4) is 0 Å². The first-order valence-electron chi connectivity index (χ1n) is 9.11. The number of nitrogens with zero attached hydrogens (tertiary/aromatic N) is 1. The van der Waals surface area contributed by atoms with Gasteiger partial charge in [0.1, 0.15) is 5.82 Å². The van der Waals surface area contributed by atoms with Crippen LogP contribution in [0.2, 0.25) is 0 Å². The number of hydrogen-bond donors (Lipinski definition) is 1. The van der Waals surface area contributed by atoms with Gasteiger partial charge in [-0.05, 0) is 43.4 Å². The molecule has 1 saturated carbocycles. The Morgan fingerprint density at radius 3 is 2.75 bits per heavy atom. The molecular weight excluding hydrogens is 383 g/mol. The van der Waals surface area contributed by atoms with Crippen LogP contribution in [0, 0.1) is 21.8 Å². The molecule has 1 N–H and O–H groups in total. The third-order valence-electron chi connectivity index (χ3n) is 4.28. The molecule has 1 aliphatic rings. The zero-order valence-electron chi connectivity index (χ0n) is 15.2. The Morgan fingerprint density at radius 2 is 2.04 bits per heavy atom. The Morgan fingerprint density at radius 1 is 1.25 bits per heavy atom. The topological polar surface area (TPSA) is 81.5 Å². The van der Waals surface area contributed by atoms with Crippen LogP contribution in [0.4, 0.5) is 10.1 Å². The number of amides is 1. The van der Waals surface area contributed by atoms with Crippen molar-refractivity contribution >= 4 is 23.4 Å². The van der Waals surface area contributed by atoms with E-state index in [-0.39, 0.29) is 11.3 Å². The molecule has 1 aliphatic carbocycles. The second kappa shape index (κ2) is 9.66. The summed E-state index contributed by atoms with van der Waals surface area (Å²) in [5, 5.41) is 13.8. The molecule has 148 valence electrons. The zero-order valence-corrected chi connectivity index (χ0v) is 16.0. The van der Waals surface area contributed by atoms with E-state index >= 15 is 0 Å². The van der Waals surface area contributed by atoms with Gasteiger partial charge in [0, 0.05) is 41.7 Å². The van der Waals surface area contributed by atoms with Crippen molar-refractivity contribution in [2.45, 2.75) is 29.1 Å². The summed E-state index contributed by atoms with van der Waals surface area (Å²) in [6.45, 7) is 1.72. The minimum atomic E-state index is -0.556. The molecule has 28 heavy (non-hydrogen) atoms. The van der Waals surface area contributed by atoms with Crippen molar-refractivity contribution in [1.82, 2.24) is 5.32 Å². The highest BCUT2D eigenvalue weighted by molar-refractivity contribution is 7.99. The van der Waals surface area contributed by atoms with Gasteiger partial charge in [-0.1, -0.05) is 23.9 Å². The van der Waals surface area contributed by atoms with Gasteiger partial charge in [0.25, 0.3) is 11.6 Å². The third-order valence-corrected chi connectivity index (χ3v) is 5.40. The SMILES string of the molecule is O=C(NCCCOCC1CC1)c1cc([N+](=O)[O-])ccc1Sc1ccccc1F. The Kier molecular flexibility index (Phi) is 7.00. The van der Waals surface area contributed by atoms with E-state index in [0.29, 0.717) is 35.3 Å². The number of nitro benzene ring substituents is 1. The van der Waals surface area contributed by atoms with Gasteiger partial charge in [-0.2, -0.15) is 0 Å². The van der Waals surface area contributed by atoms with Crippen LogP contribution in [-0.4, -0.2) is 30.6 Å². The highest BCUT2D eigenvalue weighted by Crippen LogP contribution is 2.34. The van der Waals surface area contributed by atoms with Gasteiger partial charge in [-0.25, -0.2) is 4.39 Å². The highest BCUT2D eigenvalue weighted by Gasteiger charge is 2.21. The first-order valence-corrected chi connectivity index (χ1v) is 9.93. The van der Waals surface area contributed by atoms with Crippen LogP contribution in [0.5, 0.6) is 0 Å². The van der Waals surface area contributed by atoms with E-state index in [1.165, 1.54) is 37.1 Å². The van der Waals surface area contributed by atoms with Gasteiger partial charge in [0.05, 0.1) is 10.5 Å². The molecule has 0 aromatic heterocycles. The fourth-order valence-corrected chi connectivity index (χ4v) is 3.50. The lowest BCUT2D eigenvalue weighted by atomic mass is 10.2. The molecule has 0 saturated heterocycles. The Hall–Kier alpha value is -2.45. The first kappa shape index (κ1) is 20.3. The van der Waals surface area contributed by atoms with E-state index in [0.717, 1.165) is 18.4 Å². The number of nitro groups is 1. The van der Waals surface area contributed by atoms with Crippen LogP contribution in [0.15, 0.2) is 52.3 Å². The monoisotopic (exact) mass is 404 g/mol. The lowest BCUT2D eigenvalue weighted by Gasteiger charge is -2.11. The second-order valence-corrected chi connectivity index (χ2v) is 7.68. The average molecular weight is 404 g/mol. The molecule has 2 aromatic carbocycles. The van der Waals surface area contributed by atoms with Crippen molar-refractivity contribution in [3.8, 4) is 0 Å². The van der Waals surface area contributed by atoms with Crippen molar-refractivity contribution in [1.29, 1.82) is 0 Å². The lowest BCUT2D eigenvalue weighted by molar-refractivity contribution is -0.384. The molecule has 0 aliphatic heterocycles. The normalized spacial score (nSPS) is 13.3. The Balaban J connectivity index is 1.65. The number of hydrogen-bond acceptors (Lipinski definition) is 5. The van der Waals surface area contributed by atoms with Crippen LogP contribution in [0.25, 0.3) is 0 Å². The molecule has 0 bridgehead atoms. The number of carbonyl (C=O) groups excluding carboxylic acids is 1. The predicted octanol–water partition coefficient (Wildman–Crippen LogP) is 4.43. The summed E-state index contributed by atoms with van der Waals surface area (Å²) >= 11 is 1.06. The molecule has 0 atom stereocenters. The van der Waals surface area contributed by atoms with Crippen LogP contribution in [-0.2, 0) is 4.74 Å². The van der Waals surface area contributed by atoms with Crippen LogP contribution >= 0.6 is 11.8 Å². The van der Waals surface area contributed by atoms with Crippen molar-refractivity contribution in [2.24, 2.45) is 5.92 Å². The minimum Gasteiger partial charge on any atom is -0.381 e. The summed E-state index contributed by atoms with van der Waals surface area (Å²) in [6, 6.07) is 10.2. The molecule has 0 spiro atoms. The standard InChI is InChI=1S/C20H21FN2O4S/c21-17-4-1-2-5-19(17)28-18-9-8-15(23(25)26)12-16(18)20(24)22-10-3-11-27-13-14-6-7-14/h1-2,4-5,8-9,12,14H,3,6-7,10-11,13H2,(H,22,24). The smallest absolute Gasteiger partial charge is 0.270 e. The van der Waals surface area contributed by atoms with Crippen LogP contribution < -0.4 is 5.32 Å². The van der Waals surface area contributed by atoms with Gasteiger partial charge >= 0.3 is 0 Å². The van der Waals surface area contributed by atoms with Gasteiger partial charge in [0.2, 0.25) is 0 Å².